The Hall–Kier alpha value is -0.860. The van der Waals surface area contributed by atoms with Crippen LogP contribution >= 0.6 is 11.6 Å². The van der Waals surface area contributed by atoms with Gasteiger partial charge in [-0.2, -0.15) is 0 Å². The lowest BCUT2D eigenvalue weighted by Gasteiger charge is -1.94. The van der Waals surface area contributed by atoms with Crippen LogP contribution in [0.2, 0.25) is 5.02 Å². The summed E-state index contributed by atoms with van der Waals surface area (Å²) in [4.78, 5) is 3.93. The van der Waals surface area contributed by atoms with Crippen LogP contribution in [0.15, 0.2) is 24.5 Å². The molecule has 1 heterocycles. The van der Waals surface area contributed by atoms with Gasteiger partial charge in [-0.05, 0) is 12.5 Å². The van der Waals surface area contributed by atoms with E-state index in [1.807, 2.05) is 12.2 Å². The van der Waals surface area contributed by atoms with Crippen molar-refractivity contribution < 1.29 is 5.11 Å². The van der Waals surface area contributed by atoms with E-state index < -0.39 is 0 Å². The van der Waals surface area contributed by atoms with Gasteiger partial charge in [-0.1, -0.05) is 23.8 Å². The fourth-order valence-corrected chi connectivity index (χ4v) is 0.965. The van der Waals surface area contributed by atoms with E-state index in [2.05, 4.69) is 4.98 Å². The average Bonchev–Trinajstić information content (AvgIpc) is 2.09. The number of nitrogens with zero attached hydrogens (tertiary/aromatic N) is 1. The topological polar surface area (TPSA) is 33.1 Å². The molecule has 2 nitrogen and oxygen atoms in total. The predicted octanol–water partition coefficient (Wildman–Crippen LogP) is 2.13. The molecule has 0 unspecified atom stereocenters. The summed E-state index contributed by atoms with van der Waals surface area (Å²) in [7, 11) is 0. The van der Waals surface area contributed by atoms with Gasteiger partial charge < -0.3 is 5.11 Å². The van der Waals surface area contributed by atoms with Crippen molar-refractivity contribution >= 4 is 17.7 Å². The summed E-state index contributed by atoms with van der Waals surface area (Å²) < 4.78 is 0. The van der Waals surface area contributed by atoms with E-state index in [9.17, 15) is 0 Å². The lowest BCUT2D eigenvalue weighted by Crippen LogP contribution is -1.79. The second-order valence-electron chi connectivity index (χ2n) is 2.31. The number of aliphatic hydroxyl groups is 1. The number of hydrogen-bond acceptors (Lipinski definition) is 2. The molecule has 0 aliphatic carbocycles. The second-order valence-corrected chi connectivity index (χ2v) is 2.72. The van der Waals surface area contributed by atoms with Crippen molar-refractivity contribution in [2.75, 3.05) is 6.61 Å². The number of aromatic nitrogens is 1. The normalized spacial score (nSPS) is 10.8. The van der Waals surface area contributed by atoms with Gasteiger partial charge in [0.05, 0.1) is 5.02 Å². The van der Waals surface area contributed by atoms with Crippen molar-refractivity contribution in [2.24, 2.45) is 0 Å². The summed E-state index contributed by atoms with van der Waals surface area (Å²) in [6, 6.07) is 1.74. The first-order valence-corrected chi connectivity index (χ1v) is 4.09. The Bertz CT molecular complexity index is 273. The highest BCUT2D eigenvalue weighted by Crippen LogP contribution is 2.14. The Morgan fingerprint density at radius 3 is 3.08 bits per heavy atom. The van der Waals surface area contributed by atoms with E-state index in [1.165, 1.54) is 0 Å². The quantitative estimate of drug-likeness (QED) is 0.779. The SMILES string of the molecule is OCCC=Cc1cnccc1Cl. The van der Waals surface area contributed by atoms with Gasteiger partial charge >= 0.3 is 0 Å². The lowest BCUT2D eigenvalue weighted by molar-refractivity contribution is 0.303. The van der Waals surface area contributed by atoms with Crippen molar-refractivity contribution in [1.29, 1.82) is 0 Å². The van der Waals surface area contributed by atoms with E-state index in [4.69, 9.17) is 16.7 Å². The molecule has 0 radical (unpaired) electrons. The van der Waals surface area contributed by atoms with E-state index in [1.54, 1.807) is 18.5 Å². The summed E-state index contributed by atoms with van der Waals surface area (Å²) in [5.41, 5.74) is 0.882. The zero-order chi connectivity index (χ0) is 8.81. The minimum atomic E-state index is 0.161. The second kappa shape index (κ2) is 4.91. The van der Waals surface area contributed by atoms with Crippen LogP contribution in [0.3, 0.4) is 0 Å². The summed E-state index contributed by atoms with van der Waals surface area (Å²) in [6.45, 7) is 0.161. The van der Waals surface area contributed by atoms with Crippen molar-refractivity contribution in [3.63, 3.8) is 0 Å². The Balaban J connectivity index is 2.68. The van der Waals surface area contributed by atoms with Crippen molar-refractivity contribution in [3.8, 4) is 0 Å². The van der Waals surface area contributed by atoms with Crippen LogP contribution in [0.4, 0.5) is 0 Å². The van der Waals surface area contributed by atoms with Gasteiger partial charge in [-0.3, -0.25) is 4.98 Å². The van der Waals surface area contributed by atoms with Gasteiger partial charge in [0.25, 0.3) is 0 Å². The molecule has 1 aromatic heterocycles. The van der Waals surface area contributed by atoms with Gasteiger partial charge in [-0.15, -0.1) is 0 Å². The number of pyridine rings is 1. The molecule has 64 valence electrons. The third kappa shape index (κ3) is 2.64. The minimum Gasteiger partial charge on any atom is -0.396 e. The first-order valence-electron chi connectivity index (χ1n) is 3.71. The van der Waals surface area contributed by atoms with Crippen LogP contribution < -0.4 is 0 Å². The first kappa shape index (κ1) is 9.23. The van der Waals surface area contributed by atoms with Crippen LogP contribution in [-0.4, -0.2) is 16.7 Å². The fourth-order valence-electron chi connectivity index (χ4n) is 0.797. The molecule has 0 fully saturated rings. The molecule has 1 N–H and O–H groups in total. The summed E-state index contributed by atoms with van der Waals surface area (Å²) >= 11 is 5.85. The largest absolute Gasteiger partial charge is 0.396 e. The number of halogens is 1. The van der Waals surface area contributed by atoms with Crippen molar-refractivity contribution in [2.45, 2.75) is 6.42 Å². The molecule has 0 spiro atoms. The third-order valence-electron chi connectivity index (χ3n) is 1.39. The monoisotopic (exact) mass is 183 g/mol. The summed E-state index contributed by atoms with van der Waals surface area (Å²) in [5.74, 6) is 0. The van der Waals surface area contributed by atoms with E-state index in [0.717, 1.165) is 5.56 Å². The molecular weight excluding hydrogens is 174 g/mol. The van der Waals surface area contributed by atoms with Gasteiger partial charge in [0, 0.05) is 24.6 Å². The molecule has 12 heavy (non-hydrogen) atoms. The van der Waals surface area contributed by atoms with Crippen molar-refractivity contribution in [3.05, 3.63) is 35.1 Å². The molecule has 0 saturated heterocycles. The molecular formula is C9H10ClNO. The van der Waals surface area contributed by atoms with Crippen LogP contribution in [0.25, 0.3) is 6.08 Å². The van der Waals surface area contributed by atoms with Crippen LogP contribution in [0.1, 0.15) is 12.0 Å². The van der Waals surface area contributed by atoms with E-state index >= 15 is 0 Å². The molecule has 0 amide bonds. The zero-order valence-corrected chi connectivity index (χ0v) is 7.33. The summed E-state index contributed by atoms with van der Waals surface area (Å²) in [5, 5.41) is 9.19. The Morgan fingerprint density at radius 1 is 1.58 bits per heavy atom. The maximum atomic E-state index is 8.51. The van der Waals surface area contributed by atoms with Gasteiger partial charge in [-0.25, -0.2) is 0 Å². The van der Waals surface area contributed by atoms with Crippen LogP contribution in [0.5, 0.6) is 0 Å². The van der Waals surface area contributed by atoms with Crippen molar-refractivity contribution in [1.82, 2.24) is 4.98 Å². The molecule has 0 aliphatic rings. The highest BCUT2D eigenvalue weighted by Gasteiger charge is 1.92. The third-order valence-corrected chi connectivity index (χ3v) is 1.73. The van der Waals surface area contributed by atoms with E-state index in [-0.39, 0.29) is 6.61 Å². The van der Waals surface area contributed by atoms with Crippen LogP contribution in [-0.2, 0) is 0 Å². The fraction of sp³-hybridized carbons (Fsp3) is 0.222. The van der Waals surface area contributed by atoms with E-state index in [0.29, 0.717) is 11.4 Å². The zero-order valence-electron chi connectivity index (χ0n) is 6.57. The minimum absolute atomic E-state index is 0.161. The molecule has 0 bridgehead atoms. The van der Waals surface area contributed by atoms with Gasteiger partial charge in [0.1, 0.15) is 0 Å². The molecule has 1 rings (SSSR count). The lowest BCUT2D eigenvalue weighted by atomic mass is 10.2. The molecule has 3 heteroatoms. The smallest absolute Gasteiger partial charge is 0.0509 e. The molecule has 0 atom stereocenters. The number of rotatable bonds is 3. The molecule has 1 aromatic rings. The highest BCUT2D eigenvalue weighted by molar-refractivity contribution is 6.31. The predicted molar refractivity (Wildman–Crippen MR) is 50.0 cm³/mol. The highest BCUT2D eigenvalue weighted by atomic mass is 35.5. The first-order chi connectivity index (χ1) is 5.84. The van der Waals surface area contributed by atoms with Crippen LogP contribution in [0, 0.1) is 0 Å². The average molecular weight is 184 g/mol. The molecule has 0 aromatic carbocycles. The summed E-state index contributed by atoms with van der Waals surface area (Å²) in [6.07, 6.45) is 7.70. The Kier molecular flexibility index (Phi) is 3.77. The standard InChI is InChI=1S/C9H10ClNO/c10-9-4-5-11-7-8(9)3-1-2-6-12/h1,3-5,7,12H,2,6H2. The van der Waals surface area contributed by atoms with Gasteiger partial charge in [0.15, 0.2) is 0 Å². The van der Waals surface area contributed by atoms with Gasteiger partial charge in [0.2, 0.25) is 0 Å². The number of aliphatic hydroxyl groups excluding tert-OH is 1. The Labute approximate surface area is 76.5 Å². The maximum Gasteiger partial charge on any atom is 0.0509 e. The molecule has 0 aliphatic heterocycles. The maximum absolute atomic E-state index is 8.51. The number of hydrogen-bond donors (Lipinski definition) is 1. The Morgan fingerprint density at radius 2 is 2.42 bits per heavy atom. The molecule has 0 saturated carbocycles.